The maximum atomic E-state index is 10.7. The molecular weight excluding hydrogens is 162 g/mol. The van der Waals surface area contributed by atoms with Gasteiger partial charge < -0.3 is 5.73 Å². The zero-order valence-electron chi connectivity index (χ0n) is 7.21. The number of hydrogen-bond donors (Lipinski definition) is 1. The molecule has 0 aliphatic carbocycles. The smallest absolute Gasteiger partial charge is 0.150 e. The minimum absolute atomic E-state index is 0. The van der Waals surface area contributed by atoms with Gasteiger partial charge in [-0.1, -0.05) is 13.8 Å². The van der Waals surface area contributed by atoms with Crippen molar-refractivity contribution >= 4 is 9.84 Å². The van der Waals surface area contributed by atoms with E-state index in [1.54, 1.807) is 0 Å². The molecule has 70 valence electrons. The van der Waals surface area contributed by atoms with Gasteiger partial charge >= 0.3 is 0 Å². The molecule has 0 bridgehead atoms. The summed E-state index contributed by atoms with van der Waals surface area (Å²) in [4.78, 5) is 0. The van der Waals surface area contributed by atoms with Crippen LogP contribution >= 0.6 is 0 Å². The predicted octanol–water partition coefficient (Wildman–Crippen LogP) is 0.652. The van der Waals surface area contributed by atoms with Crippen LogP contribution in [0.4, 0.5) is 0 Å². The zero-order valence-corrected chi connectivity index (χ0v) is 8.02. The highest BCUT2D eigenvalue weighted by Gasteiger charge is 2.26. The predicted molar refractivity (Wildman–Crippen MR) is 49.3 cm³/mol. The van der Waals surface area contributed by atoms with Crippen LogP contribution in [-0.4, -0.2) is 26.5 Å². The minimum Gasteiger partial charge on any atom is -0.330 e. The first-order chi connectivity index (χ1) is 5.14. The quantitative estimate of drug-likeness (QED) is 0.646. The highest BCUT2D eigenvalue weighted by Crippen LogP contribution is 2.16. The molecule has 11 heavy (non-hydrogen) atoms. The molecular formula is C7H19NO2S. The molecule has 0 aromatic rings. The van der Waals surface area contributed by atoms with E-state index in [0.717, 1.165) is 6.42 Å². The highest BCUT2D eigenvalue weighted by molar-refractivity contribution is 7.91. The van der Waals surface area contributed by atoms with E-state index in [1.165, 1.54) is 0 Å². The second-order valence-electron chi connectivity index (χ2n) is 2.50. The van der Waals surface area contributed by atoms with Gasteiger partial charge in [0.15, 0.2) is 9.84 Å². The normalized spacial score (nSPS) is 27.4. The molecule has 1 atom stereocenters. The summed E-state index contributed by atoms with van der Waals surface area (Å²) in [7, 11) is -2.69. The van der Waals surface area contributed by atoms with Crippen molar-refractivity contribution in [2.75, 3.05) is 18.1 Å². The van der Waals surface area contributed by atoms with Gasteiger partial charge in [-0.15, -0.1) is 0 Å². The summed E-state index contributed by atoms with van der Waals surface area (Å²) in [6.07, 6.45) is 0.763. The van der Waals surface area contributed by atoms with Crippen molar-refractivity contribution in [1.82, 2.24) is 0 Å². The maximum absolute atomic E-state index is 10.7. The Labute approximate surface area is 70.4 Å². The molecule has 0 saturated carbocycles. The molecule has 1 fully saturated rings. The fourth-order valence-corrected chi connectivity index (χ4v) is 2.94. The van der Waals surface area contributed by atoms with Crippen molar-refractivity contribution in [2.24, 2.45) is 11.7 Å². The van der Waals surface area contributed by atoms with E-state index in [2.05, 4.69) is 0 Å². The minimum atomic E-state index is -2.69. The SMILES string of the molecule is CC.NCC1CCS(=O)(=O)C1.[HH]. The van der Waals surface area contributed by atoms with Crippen LogP contribution in [0.5, 0.6) is 0 Å². The standard InChI is InChI=1S/C5H11NO2S.C2H6.H2/c6-3-5-1-2-9(7,8)4-5;1-2;/h5H,1-4,6H2;1-2H3;1H. The molecule has 4 heteroatoms. The fraction of sp³-hybridized carbons (Fsp3) is 1.00. The molecule has 2 N–H and O–H groups in total. The van der Waals surface area contributed by atoms with Gasteiger partial charge in [-0.05, 0) is 18.9 Å². The Balaban J connectivity index is 0. The third-order valence-electron chi connectivity index (χ3n) is 1.66. The summed E-state index contributed by atoms with van der Waals surface area (Å²) < 4.78 is 21.5. The van der Waals surface area contributed by atoms with Crippen LogP contribution in [-0.2, 0) is 9.84 Å². The summed E-state index contributed by atoms with van der Waals surface area (Å²) in [6.45, 7) is 4.51. The van der Waals surface area contributed by atoms with Crippen LogP contribution in [0.25, 0.3) is 0 Å². The van der Waals surface area contributed by atoms with Crippen LogP contribution in [0.15, 0.2) is 0 Å². The number of nitrogens with two attached hydrogens (primary N) is 1. The Morgan fingerprint density at radius 3 is 2.27 bits per heavy atom. The van der Waals surface area contributed by atoms with Gasteiger partial charge in [-0.2, -0.15) is 0 Å². The van der Waals surface area contributed by atoms with Crippen molar-refractivity contribution in [3.05, 3.63) is 0 Å². The van der Waals surface area contributed by atoms with E-state index in [-0.39, 0.29) is 7.34 Å². The first-order valence-electron chi connectivity index (χ1n) is 4.04. The lowest BCUT2D eigenvalue weighted by Crippen LogP contribution is -2.15. The maximum Gasteiger partial charge on any atom is 0.150 e. The van der Waals surface area contributed by atoms with Gasteiger partial charge in [0.05, 0.1) is 11.5 Å². The average Bonchev–Trinajstić information content (AvgIpc) is 2.34. The third-order valence-corrected chi connectivity index (χ3v) is 3.50. The second-order valence-corrected chi connectivity index (χ2v) is 4.73. The lowest BCUT2D eigenvalue weighted by molar-refractivity contribution is 0.591. The van der Waals surface area contributed by atoms with E-state index < -0.39 is 9.84 Å². The summed E-state index contributed by atoms with van der Waals surface area (Å²) >= 11 is 0. The van der Waals surface area contributed by atoms with Crippen molar-refractivity contribution in [1.29, 1.82) is 0 Å². The van der Waals surface area contributed by atoms with Gasteiger partial charge in [-0.3, -0.25) is 0 Å². The molecule has 0 aromatic carbocycles. The van der Waals surface area contributed by atoms with E-state index in [9.17, 15) is 8.42 Å². The first kappa shape index (κ1) is 10.9. The second kappa shape index (κ2) is 4.72. The molecule has 1 saturated heterocycles. The lowest BCUT2D eigenvalue weighted by Gasteiger charge is -1.98. The lowest BCUT2D eigenvalue weighted by atomic mass is 10.1. The molecule has 0 amide bonds. The van der Waals surface area contributed by atoms with E-state index >= 15 is 0 Å². The highest BCUT2D eigenvalue weighted by atomic mass is 32.2. The molecule has 1 unspecified atom stereocenters. The van der Waals surface area contributed by atoms with Crippen molar-refractivity contribution in [2.45, 2.75) is 20.3 Å². The van der Waals surface area contributed by atoms with Gasteiger partial charge in [0, 0.05) is 1.43 Å². The Bertz CT molecular complexity index is 192. The zero-order chi connectivity index (χ0) is 8.91. The Hall–Kier alpha value is -0.0900. The molecule has 0 spiro atoms. The Morgan fingerprint density at radius 1 is 1.55 bits per heavy atom. The number of hydrogen-bond acceptors (Lipinski definition) is 3. The first-order valence-corrected chi connectivity index (χ1v) is 5.87. The topological polar surface area (TPSA) is 60.2 Å². The van der Waals surface area contributed by atoms with E-state index in [1.807, 2.05) is 13.8 Å². The Morgan fingerprint density at radius 2 is 2.09 bits per heavy atom. The molecule has 1 aliphatic rings. The summed E-state index contributed by atoms with van der Waals surface area (Å²) in [6, 6.07) is 0. The van der Waals surface area contributed by atoms with Crippen LogP contribution in [0.3, 0.4) is 0 Å². The van der Waals surface area contributed by atoms with Crippen LogP contribution < -0.4 is 5.73 Å². The van der Waals surface area contributed by atoms with Gasteiger partial charge in [0.1, 0.15) is 0 Å². The molecule has 0 aromatic heterocycles. The Kier molecular flexibility index (Phi) is 4.68. The van der Waals surface area contributed by atoms with Crippen LogP contribution in [0, 0.1) is 5.92 Å². The van der Waals surface area contributed by atoms with E-state index in [0.29, 0.717) is 18.1 Å². The van der Waals surface area contributed by atoms with Crippen LogP contribution in [0.2, 0.25) is 0 Å². The summed E-state index contributed by atoms with van der Waals surface area (Å²) in [5, 5.41) is 0. The molecule has 3 nitrogen and oxygen atoms in total. The van der Waals surface area contributed by atoms with Crippen molar-refractivity contribution in [3.63, 3.8) is 0 Å². The van der Waals surface area contributed by atoms with E-state index in [4.69, 9.17) is 5.73 Å². The molecule has 1 aliphatic heterocycles. The molecule has 1 heterocycles. The van der Waals surface area contributed by atoms with Gasteiger partial charge in [0.25, 0.3) is 0 Å². The van der Waals surface area contributed by atoms with Crippen molar-refractivity contribution < 1.29 is 9.84 Å². The monoisotopic (exact) mass is 181 g/mol. The summed E-state index contributed by atoms with van der Waals surface area (Å²) in [5.41, 5.74) is 5.29. The fourth-order valence-electron chi connectivity index (χ4n) is 1.06. The van der Waals surface area contributed by atoms with Gasteiger partial charge in [-0.25, -0.2) is 8.42 Å². The van der Waals surface area contributed by atoms with Crippen molar-refractivity contribution in [3.8, 4) is 0 Å². The van der Waals surface area contributed by atoms with Gasteiger partial charge in [0.2, 0.25) is 0 Å². The third kappa shape index (κ3) is 3.72. The molecule has 0 radical (unpaired) electrons. The largest absolute Gasteiger partial charge is 0.330 e. The van der Waals surface area contributed by atoms with Crippen LogP contribution in [0.1, 0.15) is 21.7 Å². The summed E-state index contributed by atoms with van der Waals surface area (Å²) in [5.74, 6) is 0.883. The molecule has 1 rings (SSSR count). The average molecular weight is 181 g/mol. The number of sulfone groups is 1. The number of rotatable bonds is 1.